The van der Waals surface area contributed by atoms with Crippen LogP contribution >= 0.6 is 24.0 Å². The third-order valence-corrected chi connectivity index (χ3v) is 4.26. The number of carbonyl (C=O) groups excluding carboxylic acids is 2. The van der Waals surface area contributed by atoms with E-state index in [0.29, 0.717) is 31.2 Å². The Morgan fingerprint density at radius 1 is 1.09 bits per heavy atom. The minimum Gasteiger partial charge on any atom is -0.444 e. The average Bonchev–Trinajstić information content (AvgIpc) is 2.70. The van der Waals surface area contributed by atoms with Crippen LogP contribution in [-0.4, -0.2) is 49.2 Å². The Morgan fingerprint density at radius 2 is 1.78 bits per heavy atom. The van der Waals surface area contributed by atoms with Crippen LogP contribution in [0, 0.1) is 0 Å². The normalized spacial score (nSPS) is 12.2. The maximum absolute atomic E-state index is 12.3. The zero-order valence-corrected chi connectivity index (χ0v) is 22.5. The highest BCUT2D eigenvalue weighted by atomic mass is 127. The van der Waals surface area contributed by atoms with E-state index in [4.69, 9.17) is 4.74 Å². The fourth-order valence-corrected chi connectivity index (χ4v) is 2.53. The van der Waals surface area contributed by atoms with Crippen LogP contribution in [0.15, 0.2) is 29.3 Å². The van der Waals surface area contributed by atoms with Gasteiger partial charge in [0.2, 0.25) is 0 Å². The van der Waals surface area contributed by atoms with Crippen molar-refractivity contribution in [1.29, 1.82) is 0 Å². The second-order valence-electron chi connectivity index (χ2n) is 8.39. The number of nitrogens with zero attached hydrogens (tertiary/aromatic N) is 1. The van der Waals surface area contributed by atoms with Crippen molar-refractivity contribution in [3.8, 4) is 0 Å². The van der Waals surface area contributed by atoms with Gasteiger partial charge in [0.15, 0.2) is 5.96 Å². The zero-order valence-electron chi connectivity index (χ0n) is 20.2. The molecule has 0 saturated carbocycles. The summed E-state index contributed by atoms with van der Waals surface area (Å²) in [5, 5.41) is 12.2. The number of nitrogens with one attached hydrogen (secondary N) is 4. The molecule has 182 valence electrons. The molecule has 4 N–H and O–H groups in total. The van der Waals surface area contributed by atoms with E-state index in [9.17, 15) is 9.59 Å². The maximum atomic E-state index is 12.3. The molecule has 1 aromatic carbocycles. The molecule has 0 fully saturated rings. The molecule has 1 aromatic rings. The molecule has 0 radical (unpaired) electrons. The topological polar surface area (TPSA) is 104 Å². The molecule has 1 atom stereocenters. The van der Waals surface area contributed by atoms with E-state index in [1.807, 2.05) is 65.8 Å². The molecule has 9 heteroatoms. The summed E-state index contributed by atoms with van der Waals surface area (Å²) < 4.78 is 5.21. The van der Waals surface area contributed by atoms with Crippen LogP contribution in [0.5, 0.6) is 0 Å². The smallest absolute Gasteiger partial charge is 0.407 e. The molecule has 1 rings (SSSR count). The first kappa shape index (κ1) is 30.0. The van der Waals surface area contributed by atoms with Gasteiger partial charge < -0.3 is 26.0 Å². The first-order valence-electron chi connectivity index (χ1n) is 11.0. The van der Waals surface area contributed by atoms with Gasteiger partial charge in [0.1, 0.15) is 5.60 Å². The summed E-state index contributed by atoms with van der Waals surface area (Å²) in [6.07, 6.45) is 1.21. The number of amides is 2. The van der Waals surface area contributed by atoms with Gasteiger partial charge in [-0.2, -0.15) is 0 Å². The van der Waals surface area contributed by atoms with Crippen molar-refractivity contribution in [2.45, 2.75) is 72.6 Å². The maximum Gasteiger partial charge on any atom is 0.407 e. The predicted octanol–water partition coefficient (Wildman–Crippen LogP) is 3.80. The standard InChI is InChI=1S/C23H39N5O3.HI/c1-7-17(3)28-20(29)19-12-9-11-18(15-19)16-27-21(24-8-2)25-13-10-14-26-22(30)31-23(4,5)6;/h9,11-12,15,17H,7-8,10,13-14,16H2,1-6H3,(H,26,30)(H,28,29)(H2,24,25,27);1H. The monoisotopic (exact) mass is 561 g/mol. The summed E-state index contributed by atoms with van der Waals surface area (Å²) in [5.41, 5.74) is 1.10. The average molecular weight is 562 g/mol. The van der Waals surface area contributed by atoms with E-state index in [-0.39, 0.29) is 35.9 Å². The fourth-order valence-electron chi connectivity index (χ4n) is 2.53. The van der Waals surface area contributed by atoms with Crippen molar-refractivity contribution in [3.63, 3.8) is 0 Å². The highest BCUT2D eigenvalue weighted by Gasteiger charge is 2.15. The number of halogens is 1. The molecule has 0 aliphatic rings. The van der Waals surface area contributed by atoms with Crippen LogP contribution in [-0.2, 0) is 11.3 Å². The quantitative estimate of drug-likeness (QED) is 0.151. The molecular weight excluding hydrogens is 521 g/mol. The van der Waals surface area contributed by atoms with E-state index in [1.54, 1.807) is 0 Å². The molecule has 0 bridgehead atoms. The van der Waals surface area contributed by atoms with Crippen molar-refractivity contribution in [2.24, 2.45) is 4.99 Å². The highest BCUT2D eigenvalue weighted by Crippen LogP contribution is 2.08. The van der Waals surface area contributed by atoms with E-state index >= 15 is 0 Å². The molecule has 1 unspecified atom stereocenters. The lowest BCUT2D eigenvalue weighted by Crippen LogP contribution is -2.39. The first-order valence-corrected chi connectivity index (χ1v) is 11.0. The number of benzene rings is 1. The molecule has 0 spiro atoms. The third kappa shape index (κ3) is 13.4. The predicted molar refractivity (Wildman–Crippen MR) is 141 cm³/mol. The molecule has 0 aliphatic heterocycles. The summed E-state index contributed by atoms with van der Waals surface area (Å²) in [5.74, 6) is 0.622. The number of carbonyl (C=O) groups is 2. The summed E-state index contributed by atoms with van der Waals surface area (Å²) in [7, 11) is 0. The summed E-state index contributed by atoms with van der Waals surface area (Å²) in [6.45, 7) is 13.9. The first-order chi connectivity index (χ1) is 14.6. The molecular formula is C23H40IN5O3. The summed E-state index contributed by atoms with van der Waals surface area (Å²) >= 11 is 0. The van der Waals surface area contributed by atoms with Gasteiger partial charge in [-0.3, -0.25) is 4.79 Å². The minimum absolute atomic E-state index is 0. The molecule has 2 amide bonds. The number of guanidine groups is 1. The van der Waals surface area contributed by atoms with Gasteiger partial charge in [-0.1, -0.05) is 19.1 Å². The number of rotatable bonds is 10. The van der Waals surface area contributed by atoms with Gasteiger partial charge in [0.05, 0.1) is 6.54 Å². The second kappa shape index (κ2) is 15.7. The lowest BCUT2D eigenvalue weighted by atomic mass is 10.1. The van der Waals surface area contributed by atoms with Crippen molar-refractivity contribution in [1.82, 2.24) is 21.3 Å². The van der Waals surface area contributed by atoms with E-state index in [0.717, 1.165) is 24.9 Å². The third-order valence-electron chi connectivity index (χ3n) is 4.26. The molecule has 32 heavy (non-hydrogen) atoms. The Morgan fingerprint density at radius 3 is 2.41 bits per heavy atom. The van der Waals surface area contributed by atoms with Crippen LogP contribution in [0.4, 0.5) is 4.79 Å². The van der Waals surface area contributed by atoms with Crippen LogP contribution in [0.3, 0.4) is 0 Å². The molecule has 0 saturated heterocycles. The van der Waals surface area contributed by atoms with Crippen molar-refractivity contribution in [3.05, 3.63) is 35.4 Å². The highest BCUT2D eigenvalue weighted by molar-refractivity contribution is 14.0. The minimum atomic E-state index is -0.501. The van der Waals surface area contributed by atoms with Gasteiger partial charge in [0.25, 0.3) is 5.91 Å². The fraction of sp³-hybridized carbons (Fsp3) is 0.609. The summed E-state index contributed by atoms with van der Waals surface area (Å²) in [4.78, 5) is 28.6. The van der Waals surface area contributed by atoms with Crippen LogP contribution in [0.2, 0.25) is 0 Å². The second-order valence-corrected chi connectivity index (χ2v) is 8.39. The number of ether oxygens (including phenoxy) is 1. The molecule has 0 heterocycles. The van der Waals surface area contributed by atoms with Crippen LogP contribution in [0.25, 0.3) is 0 Å². The molecule has 0 aromatic heterocycles. The molecule has 0 aliphatic carbocycles. The van der Waals surface area contributed by atoms with Crippen molar-refractivity contribution in [2.75, 3.05) is 19.6 Å². The van der Waals surface area contributed by atoms with E-state index < -0.39 is 11.7 Å². The van der Waals surface area contributed by atoms with Gasteiger partial charge in [0, 0.05) is 31.2 Å². The Kier molecular flexibility index (Phi) is 14.7. The Bertz CT molecular complexity index is 735. The van der Waals surface area contributed by atoms with Crippen LogP contribution in [0.1, 0.15) is 70.3 Å². The molecule has 8 nitrogen and oxygen atoms in total. The lowest BCUT2D eigenvalue weighted by Gasteiger charge is -2.19. The van der Waals surface area contributed by atoms with Crippen LogP contribution < -0.4 is 21.3 Å². The van der Waals surface area contributed by atoms with Crippen molar-refractivity contribution < 1.29 is 14.3 Å². The van der Waals surface area contributed by atoms with Crippen molar-refractivity contribution >= 4 is 41.9 Å². The lowest BCUT2D eigenvalue weighted by molar-refractivity contribution is 0.0527. The van der Waals surface area contributed by atoms with Gasteiger partial charge >= 0.3 is 6.09 Å². The van der Waals surface area contributed by atoms with E-state index in [1.165, 1.54) is 0 Å². The van der Waals surface area contributed by atoms with Gasteiger partial charge in [-0.05, 0) is 65.2 Å². The zero-order chi connectivity index (χ0) is 23.3. The number of hydrogen-bond acceptors (Lipinski definition) is 4. The SMILES string of the molecule is CCNC(=NCc1cccc(C(=O)NC(C)CC)c1)NCCCNC(=O)OC(C)(C)C.I. The largest absolute Gasteiger partial charge is 0.444 e. The number of hydrogen-bond donors (Lipinski definition) is 4. The number of alkyl carbamates (subject to hydrolysis) is 1. The van der Waals surface area contributed by atoms with Gasteiger partial charge in [-0.15, -0.1) is 24.0 Å². The summed E-state index contributed by atoms with van der Waals surface area (Å²) in [6, 6.07) is 7.65. The number of aliphatic imine (C=N–C) groups is 1. The Hall–Kier alpha value is -2.04. The van der Waals surface area contributed by atoms with Gasteiger partial charge in [-0.25, -0.2) is 9.79 Å². The Balaban J connectivity index is 0.00000961. The van der Waals surface area contributed by atoms with E-state index in [2.05, 4.69) is 26.3 Å². The Labute approximate surface area is 209 Å².